The third-order valence-corrected chi connectivity index (χ3v) is 5.75. The van der Waals surface area contributed by atoms with Crippen molar-refractivity contribution in [1.29, 1.82) is 0 Å². The average Bonchev–Trinajstić information content (AvgIpc) is 2.72. The van der Waals surface area contributed by atoms with E-state index in [-0.39, 0.29) is 37.4 Å². The van der Waals surface area contributed by atoms with Crippen molar-refractivity contribution in [2.75, 3.05) is 13.2 Å². The Hall–Kier alpha value is -1.92. The molecule has 0 bridgehead atoms. The molecular formula is C25H40O6. The molecule has 1 fully saturated rings. The third-order valence-electron chi connectivity index (χ3n) is 5.75. The van der Waals surface area contributed by atoms with Gasteiger partial charge in [0, 0.05) is 31.6 Å². The number of rotatable bonds is 12. The maximum absolute atomic E-state index is 12.4. The van der Waals surface area contributed by atoms with E-state index in [1.807, 2.05) is 26.8 Å². The van der Waals surface area contributed by atoms with Crippen LogP contribution in [0.2, 0.25) is 0 Å². The Bertz CT molecular complexity index is 663. The van der Waals surface area contributed by atoms with E-state index < -0.39 is 18.2 Å². The lowest BCUT2D eigenvalue weighted by molar-refractivity contribution is -0.180. The standard InChI is InChI=1S/C25H40O6/c1-6-17(2)13-19(4)14-20(5)25-22(8-10-24(29)31-25)30-23(28)9-7-18(3)15-21(16-27)11-12-26/h6-7,9,15,19-22,25-27H,8,10-14,16H2,1-5H3. The Morgan fingerprint density at radius 2 is 1.97 bits per heavy atom. The van der Waals surface area contributed by atoms with E-state index in [1.165, 1.54) is 11.6 Å². The van der Waals surface area contributed by atoms with Crippen LogP contribution >= 0.6 is 0 Å². The second-order valence-electron chi connectivity index (χ2n) is 8.82. The van der Waals surface area contributed by atoms with Gasteiger partial charge >= 0.3 is 11.9 Å². The molecule has 1 aliphatic rings. The van der Waals surface area contributed by atoms with Crippen LogP contribution in [0.25, 0.3) is 0 Å². The quantitative estimate of drug-likeness (QED) is 0.207. The molecule has 5 unspecified atom stereocenters. The van der Waals surface area contributed by atoms with Crippen molar-refractivity contribution < 1.29 is 29.3 Å². The van der Waals surface area contributed by atoms with Crippen molar-refractivity contribution in [1.82, 2.24) is 0 Å². The topological polar surface area (TPSA) is 93.1 Å². The minimum atomic E-state index is -0.478. The highest BCUT2D eigenvalue weighted by Crippen LogP contribution is 2.30. The van der Waals surface area contributed by atoms with Crippen molar-refractivity contribution in [3.05, 3.63) is 35.5 Å². The summed E-state index contributed by atoms with van der Waals surface area (Å²) in [5, 5.41) is 18.3. The second-order valence-corrected chi connectivity index (χ2v) is 8.82. The highest BCUT2D eigenvalue weighted by Gasteiger charge is 2.37. The first-order chi connectivity index (χ1) is 14.7. The summed E-state index contributed by atoms with van der Waals surface area (Å²) in [5.74, 6) is -0.352. The van der Waals surface area contributed by atoms with Gasteiger partial charge in [-0.1, -0.05) is 43.2 Å². The lowest BCUT2D eigenvalue weighted by Crippen LogP contribution is -2.43. The number of hydrogen-bond donors (Lipinski definition) is 2. The summed E-state index contributed by atoms with van der Waals surface area (Å²) in [5.41, 5.74) is 2.14. The van der Waals surface area contributed by atoms with Gasteiger partial charge in [0.1, 0.15) is 12.2 Å². The van der Waals surface area contributed by atoms with Gasteiger partial charge in [0.2, 0.25) is 0 Å². The lowest BCUT2D eigenvalue weighted by Gasteiger charge is -2.35. The van der Waals surface area contributed by atoms with E-state index in [2.05, 4.69) is 19.9 Å². The van der Waals surface area contributed by atoms with Gasteiger partial charge in [0.05, 0.1) is 0 Å². The number of carbonyl (C=O) groups is 2. The van der Waals surface area contributed by atoms with Crippen molar-refractivity contribution in [2.45, 2.75) is 78.9 Å². The summed E-state index contributed by atoms with van der Waals surface area (Å²) in [6.07, 6.45) is 9.08. The molecular weight excluding hydrogens is 396 g/mol. The molecule has 0 saturated carbocycles. The van der Waals surface area contributed by atoms with Crippen molar-refractivity contribution in [2.24, 2.45) is 17.8 Å². The fourth-order valence-corrected chi connectivity index (χ4v) is 4.05. The number of aliphatic hydroxyl groups is 2. The van der Waals surface area contributed by atoms with E-state index in [9.17, 15) is 14.7 Å². The predicted octanol–water partition coefficient (Wildman–Crippen LogP) is 4.12. The van der Waals surface area contributed by atoms with E-state index in [4.69, 9.17) is 14.6 Å². The van der Waals surface area contributed by atoms with Gasteiger partial charge in [-0.05, 0) is 58.3 Å². The highest BCUT2D eigenvalue weighted by molar-refractivity contribution is 5.82. The second kappa shape index (κ2) is 14.2. The molecule has 31 heavy (non-hydrogen) atoms. The number of aliphatic hydroxyl groups excluding tert-OH is 2. The van der Waals surface area contributed by atoms with Gasteiger partial charge in [0.25, 0.3) is 0 Å². The van der Waals surface area contributed by atoms with E-state index in [0.717, 1.165) is 18.4 Å². The summed E-state index contributed by atoms with van der Waals surface area (Å²) in [7, 11) is 0. The van der Waals surface area contributed by atoms with Crippen LogP contribution in [0.15, 0.2) is 35.5 Å². The Labute approximate surface area is 187 Å². The molecule has 5 atom stereocenters. The summed E-state index contributed by atoms with van der Waals surface area (Å²) in [6, 6.07) is 0. The van der Waals surface area contributed by atoms with Gasteiger partial charge in [-0.3, -0.25) is 4.79 Å². The fourth-order valence-electron chi connectivity index (χ4n) is 4.05. The highest BCUT2D eigenvalue weighted by atomic mass is 16.6. The average molecular weight is 437 g/mol. The molecule has 176 valence electrons. The van der Waals surface area contributed by atoms with Crippen molar-refractivity contribution >= 4 is 11.9 Å². The maximum Gasteiger partial charge on any atom is 0.331 e. The molecule has 2 N–H and O–H groups in total. The molecule has 0 aromatic heterocycles. The zero-order valence-electron chi connectivity index (χ0n) is 19.7. The van der Waals surface area contributed by atoms with Crippen LogP contribution in [0.1, 0.15) is 66.7 Å². The van der Waals surface area contributed by atoms with Crippen molar-refractivity contribution in [3.8, 4) is 0 Å². The Morgan fingerprint density at radius 3 is 2.58 bits per heavy atom. The molecule has 1 rings (SSSR count). The van der Waals surface area contributed by atoms with Crippen LogP contribution in [0.4, 0.5) is 0 Å². The van der Waals surface area contributed by atoms with Gasteiger partial charge in [-0.25, -0.2) is 4.79 Å². The molecule has 0 spiro atoms. The Kier molecular flexibility index (Phi) is 12.4. The van der Waals surface area contributed by atoms with Crippen LogP contribution in [0, 0.1) is 17.8 Å². The zero-order valence-corrected chi connectivity index (χ0v) is 19.7. The maximum atomic E-state index is 12.4. The predicted molar refractivity (Wildman–Crippen MR) is 121 cm³/mol. The van der Waals surface area contributed by atoms with Crippen LogP contribution in [0.5, 0.6) is 0 Å². The largest absolute Gasteiger partial charge is 0.458 e. The molecule has 0 aliphatic carbocycles. The SMILES string of the molecule is CC=C(C)CC(C)CC(C)C1OC(=O)CCC1OC(=O)C=CC(C)=CC(CO)CCO. The Morgan fingerprint density at radius 1 is 1.26 bits per heavy atom. The third kappa shape index (κ3) is 10.3. The van der Waals surface area contributed by atoms with E-state index >= 15 is 0 Å². The lowest BCUT2D eigenvalue weighted by atomic mass is 9.85. The van der Waals surface area contributed by atoms with Gasteiger partial charge in [-0.2, -0.15) is 0 Å². The van der Waals surface area contributed by atoms with Gasteiger partial charge in [-0.15, -0.1) is 0 Å². The summed E-state index contributed by atoms with van der Waals surface area (Å²) in [4.78, 5) is 24.3. The molecule has 6 heteroatoms. The van der Waals surface area contributed by atoms with Crippen LogP contribution in [-0.2, 0) is 19.1 Å². The number of hydrogen-bond acceptors (Lipinski definition) is 6. The van der Waals surface area contributed by atoms with Crippen LogP contribution in [-0.4, -0.2) is 47.6 Å². The number of carbonyl (C=O) groups excluding carboxylic acids is 2. The molecule has 0 amide bonds. The fraction of sp³-hybridized carbons (Fsp3) is 0.680. The molecule has 0 aromatic carbocycles. The number of ether oxygens (including phenoxy) is 2. The number of esters is 2. The number of allylic oxidation sites excluding steroid dienone is 4. The molecule has 6 nitrogen and oxygen atoms in total. The minimum Gasteiger partial charge on any atom is -0.458 e. The monoisotopic (exact) mass is 436 g/mol. The molecule has 0 aromatic rings. The first kappa shape index (κ1) is 27.1. The minimum absolute atomic E-state index is 0.00630. The number of cyclic esters (lactones) is 1. The summed E-state index contributed by atoms with van der Waals surface area (Å²) in [6.45, 7) is 10.1. The zero-order chi connectivity index (χ0) is 23.4. The van der Waals surface area contributed by atoms with Crippen molar-refractivity contribution in [3.63, 3.8) is 0 Å². The smallest absolute Gasteiger partial charge is 0.331 e. The molecule has 1 heterocycles. The van der Waals surface area contributed by atoms with E-state index in [1.54, 1.807) is 6.08 Å². The molecule has 0 radical (unpaired) electrons. The Balaban J connectivity index is 2.73. The van der Waals surface area contributed by atoms with Gasteiger partial charge in [0.15, 0.2) is 0 Å². The van der Waals surface area contributed by atoms with Crippen LogP contribution < -0.4 is 0 Å². The first-order valence-corrected chi connectivity index (χ1v) is 11.3. The van der Waals surface area contributed by atoms with Gasteiger partial charge < -0.3 is 19.7 Å². The van der Waals surface area contributed by atoms with E-state index in [0.29, 0.717) is 18.8 Å². The molecule has 1 saturated heterocycles. The summed E-state index contributed by atoms with van der Waals surface area (Å²) < 4.78 is 11.3. The first-order valence-electron chi connectivity index (χ1n) is 11.3. The normalized spacial score (nSPS) is 23.4. The summed E-state index contributed by atoms with van der Waals surface area (Å²) >= 11 is 0. The van der Waals surface area contributed by atoms with Crippen LogP contribution in [0.3, 0.4) is 0 Å². The molecule has 1 aliphatic heterocycles.